The van der Waals surface area contributed by atoms with Crippen LogP contribution in [0.25, 0.3) is 0 Å². The molecule has 0 fully saturated rings. The SMILES string of the molecule is O=C(CC(=O)Nc1c(Cl)cccc1Cl)Nc1ccc(F)c(Cl)c1. The number of amides is 2. The Bertz CT molecular complexity index is 748. The first-order valence-corrected chi connectivity index (χ1v) is 7.49. The highest BCUT2D eigenvalue weighted by molar-refractivity contribution is 6.39. The fraction of sp³-hybridized carbons (Fsp3) is 0.0667. The third-order valence-corrected chi connectivity index (χ3v) is 3.67. The van der Waals surface area contributed by atoms with Gasteiger partial charge < -0.3 is 10.6 Å². The molecule has 2 rings (SSSR count). The lowest BCUT2D eigenvalue weighted by Gasteiger charge is -2.09. The highest BCUT2D eigenvalue weighted by Gasteiger charge is 2.14. The molecule has 2 N–H and O–H groups in total. The standard InChI is InChI=1S/C15H10Cl3FN2O2/c16-9-2-1-3-10(17)15(9)21-14(23)7-13(22)20-8-4-5-12(19)11(18)6-8/h1-6H,7H2,(H,20,22)(H,21,23). The Morgan fingerprint density at radius 3 is 2.13 bits per heavy atom. The van der Waals surface area contributed by atoms with E-state index in [9.17, 15) is 14.0 Å². The van der Waals surface area contributed by atoms with Gasteiger partial charge in [-0.25, -0.2) is 4.39 Å². The van der Waals surface area contributed by atoms with Gasteiger partial charge in [0.05, 0.1) is 20.8 Å². The van der Waals surface area contributed by atoms with E-state index in [-0.39, 0.29) is 26.4 Å². The van der Waals surface area contributed by atoms with Gasteiger partial charge in [-0.15, -0.1) is 0 Å². The molecule has 0 atom stereocenters. The smallest absolute Gasteiger partial charge is 0.233 e. The van der Waals surface area contributed by atoms with Gasteiger partial charge in [0.15, 0.2) is 0 Å². The molecule has 0 aliphatic heterocycles. The third-order valence-electron chi connectivity index (χ3n) is 2.75. The Balaban J connectivity index is 1.97. The molecule has 0 aromatic heterocycles. The molecule has 0 bridgehead atoms. The molecule has 0 saturated carbocycles. The van der Waals surface area contributed by atoms with Crippen molar-refractivity contribution in [2.45, 2.75) is 6.42 Å². The van der Waals surface area contributed by atoms with Crippen LogP contribution in [0.5, 0.6) is 0 Å². The fourth-order valence-electron chi connectivity index (χ4n) is 1.73. The van der Waals surface area contributed by atoms with Crippen molar-refractivity contribution in [1.82, 2.24) is 0 Å². The van der Waals surface area contributed by atoms with Crippen molar-refractivity contribution in [2.24, 2.45) is 0 Å². The molecule has 0 radical (unpaired) electrons. The largest absolute Gasteiger partial charge is 0.326 e. The van der Waals surface area contributed by atoms with E-state index in [1.54, 1.807) is 18.2 Å². The molecule has 2 amide bonds. The van der Waals surface area contributed by atoms with Crippen LogP contribution in [-0.2, 0) is 9.59 Å². The molecule has 4 nitrogen and oxygen atoms in total. The van der Waals surface area contributed by atoms with Crippen LogP contribution in [0.3, 0.4) is 0 Å². The van der Waals surface area contributed by atoms with Crippen LogP contribution < -0.4 is 10.6 Å². The number of hydrogen-bond donors (Lipinski definition) is 2. The van der Waals surface area contributed by atoms with Crippen molar-refractivity contribution in [3.63, 3.8) is 0 Å². The summed E-state index contributed by atoms with van der Waals surface area (Å²) in [5, 5.41) is 5.30. The summed E-state index contributed by atoms with van der Waals surface area (Å²) in [5.41, 5.74) is 0.517. The van der Waals surface area contributed by atoms with Gasteiger partial charge in [-0.05, 0) is 30.3 Å². The van der Waals surface area contributed by atoms with Crippen molar-refractivity contribution in [2.75, 3.05) is 10.6 Å². The number of para-hydroxylation sites is 1. The predicted molar refractivity (Wildman–Crippen MR) is 89.7 cm³/mol. The fourth-order valence-corrected chi connectivity index (χ4v) is 2.40. The van der Waals surface area contributed by atoms with Gasteiger partial charge in [-0.2, -0.15) is 0 Å². The summed E-state index contributed by atoms with van der Waals surface area (Å²) in [5.74, 6) is -1.78. The van der Waals surface area contributed by atoms with Crippen LogP contribution >= 0.6 is 34.8 Å². The maximum atomic E-state index is 13.0. The first-order valence-electron chi connectivity index (χ1n) is 6.35. The summed E-state index contributed by atoms with van der Waals surface area (Å²) in [4.78, 5) is 23.7. The monoisotopic (exact) mass is 374 g/mol. The highest BCUT2D eigenvalue weighted by atomic mass is 35.5. The van der Waals surface area contributed by atoms with Crippen molar-refractivity contribution in [3.8, 4) is 0 Å². The Morgan fingerprint density at radius 2 is 1.52 bits per heavy atom. The molecular weight excluding hydrogens is 366 g/mol. The van der Waals surface area contributed by atoms with Crippen LogP contribution in [0.4, 0.5) is 15.8 Å². The quantitative estimate of drug-likeness (QED) is 0.757. The molecule has 2 aromatic carbocycles. The Hall–Kier alpha value is -1.82. The third kappa shape index (κ3) is 4.82. The summed E-state index contributed by atoms with van der Waals surface area (Å²) in [7, 11) is 0. The van der Waals surface area contributed by atoms with E-state index in [0.29, 0.717) is 0 Å². The molecular formula is C15H10Cl3FN2O2. The predicted octanol–water partition coefficient (Wildman–Crippen LogP) is 4.75. The number of halogens is 4. The molecule has 23 heavy (non-hydrogen) atoms. The molecule has 0 unspecified atom stereocenters. The van der Waals surface area contributed by atoms with Crippen LogP contribution in [0, 0.1) is 5.82 Å². The summed E-state index contributed by atoms with van der Waals surface area (Å²) in [6, 6.07) is 8.44. The zero-order valence-electron chi connectivity index (χ0n) is 11.5. The summed E-state index contributed by atoms with van der Waals surface area (Å²) in [6.07, 6.45) is -0.462. The number of nitrogens with one attached hydrogen (secondary N) is 2. The van der Waals surface area contributed by atoms with Gasteiger partial charge in [0.1, 0.15) is 12.2 Å². The Labute approximate surface area is 146 Å². The lowest BCUT2D eigenvalue weighted by atomic mass is 10.2. The topological polar surface area (TPSA) is 58.2 Å². The molecule has 8 heteroatoms. The maximum absolute atomic E-state index is 13.0. The molecule has 0 spiro atoms. The van der Waals surface area contributed by atoms with Crippen LogP contribution in [0.15, 0.2) is 36.4 Å². The minimum Gasteiger partial charge on any atom is -0.326 e. The number of carbonyl (C=O) groups is 2. The highest BCUT2D eigenvalue weighted by Crippen LogP contribution is 2.29. The van der Waals surface area contributed by atoms with E-state index in [4.69, 9.17) is 34.8 Å². The number of rotatable bonds is 4. The zero-order valence-corrected chi connectivity index (χ0v) is 13.8. The number of anilines is 2. The van der Waals surface area contributed by atoms with E-state index in [1.165, 1.54) is 12.1 Å². The van der Waals surface area contributed by atoms with E-state index in [2.05, 4.69) is 10.6 Å². The minimum atomic E-state index is -0.601. The maximum Gasteiger partial charge on any atom is 0.233 e. The molecule has 0 saturated heterocycles. The van der Waals surface area contributed by atoms with Crippen molar-refractivity contribution >= 4 is 58.0 Å². The summed E-state index contributed by atoms with van der Waals surface area (Å²) in [6.45, 7) is 0. The van der Waals surface area contributed by atoms with Gasteiger partial charge in [-0.1, -0.05) is 40.9 Å². The van der Waals surface area contributed by atoms with Gasteiger partial charge in [-0.3, -0.25) is 9.59 Å². The summed E-state index contributed by atoms with van der Waals surface area (Å²) >= 11 is 17.5. The Kier molecular flexibility index (Phi) is 5.82. The van der Waals surface area contributed by atoms with E-state index in [1.807, 2.05) is 0 Å². The average molecular weight is 376 g/mol. The van der Waals surface area contributed by atoms with Gasteiger partial charge in [0.25, 0.3) is 0 Å². The van der Waals surface area contributed by atoms with E-state index < -0.39 is 24.1 Å². The summed E-state index contributed by atoms with van der Waals surface area (Å²) < 4.78 is 13.0. The van der Waals surface area contributed by atoms with Crippen molar-refractivity contribution < 1.29 is 14.0 Å². The molecule has 120 valence electrons. The Morgan fingerprint density at radius 1 is 0.913 bits per heavy atom. The molecule has 2 aromatic rings. The van der Waals surface area contributed by atoms with Crippen LogP contribution in [0.1, 0.15) is 6.42 Å². The number of carbonyl (C=O) groups excluding carboxylic acids is 2. The second-order valence-corrected chi connectivity index (χ2v) is 5.72. The molecule has 0 aliphatic rings. The number of hydrogen-bond acceptors (Lipinski definition) is 2. The second kappa shape index (κ2) is 7.64. The van der Waals surface area contributed by atoms with E-state index >= 15 is 0 Å². The van der Waals surface area contributed by atoms with Gasteiger partial charge in [0, 0.05) is 5.69 Å². The lowest BCUT2D eigenvalue weighted by molar-refractivity contribution is -0.123. The van der Waals surface area contributed by atoms with Gasteiger partial charge >= 0.3 is 0 Å². The second-order valence-electron chi connectivity index (χ2n) is 4.50. The molecule has 0 aliphatic carbocycles. The van der Waals surface area contributed by atoms with Crippen molar-refractivity contribution in [3.05, 3.63) is 57.3 Å². The van der Waals surface area contributed by atoms with Crippen LogP contribution in [-0.4, -0.2) is 11.8 Å². The normalized spacial score (nSPS) is 10.3. The average Bonchev–Trinajstić information content (AvgIpc) is 2.47. The van der Waals surface area contributed by atoms with Crippen molar-refractivity contribution in [1.29, 1.82) is 0 Å². The first kappa shape index (κ1) is 17.5. The van der Waals surface area contributed by atoms with E-state index in [0.717, 1.165) is 6.07 Å². The number of benzene rings is 2. The minimum absolute atomic E-state index is 0.130. The molecule has 0 heterocycles. The first-order chi connectivity index (χ1) is 10.9. The lowest BCUT2D eigenvalue weighted by Crippen LogP contribution is -2.21. The van der Waals surface area contributed by atoms with Crippen LogP contribution in [0.2, 0.25) is 15.1 Å². The zero-order chi connectivity index (χ0) is 17.0. The van der Waals surface area contributed by atoms with Gasteiger partial charge in [0.2, 0.25) is 11.8 Å².